The number of benzene rings is 1. The zero-order valence-electron chi connectivity index (χ0n) is 12.0. The number of primary amides is 2. The number of amidine groups is 1. The van der Waals surface area contributed by atoms with Crippen molar-refractivity contribution in [2.24, 2.45) is 16.5 Å². The first kappa shape index (κ1) is 14.8. The first-order valence-corrected chi connectivity index (χ1v) is 6.81. The van der Waals surface area contributed by atoms with Crippen LogP contribution in [0.5, 0.6) is 0 Å². The van der Waals surface area contributed by atoms with Crippen molar-refractivity contribution < 1.29 is 14.0 Å². The quantitative estimate of drug-likeness (QED) is 0.708. The summed E-state index contributed by atoms with van der Waals surface area (Å²) in [5.74, 6) is -1.47. The Hall–Kier alpha value is -3.16. The van der Waals surface area contributed by atoms with Gasteiger partial charge in [-0.15, -0.1) is 0 Å². The summed E-state index contributed by atoms with van der Waals surface area (Å²) in [6.45, 7) is 0. The third-order valence-corrected chi connectivity index (χ3v) is 3.82. The normalized spacial score (nSPS) is 22.0. The van der Waals surface area contributed by atoms with E-state index >= 15 is 0 Å². The third-order valence-electron chi connectivity index (χ3n) is 3.82. The van der Waals surface area contributed by atoms with Crippen molar-refractivity contribution in [1.29, 1.82) is 0 Å². The predicted octanol–water partition coefficient (Wildman–Crippen LogP) is -0.293. The Morgan fingerprint density at radius 2 is 1.96 bits per heavy atom. The fourth-order valence-electron chi connectivity index (χ4n) is 2.62. The molecule has 5 N–H and O–H groups in total. The van der Waals surface area contributed by atoms with Gasteiger partial charge in [0, 0.05) is 18.8 Å². The lowest BCUT2D eigenvalue weighted by Crippen LogP contribution is -2.63. The number of hydrogen-bond acceptors (Lipinski definition) is 5. The number of nitrogens with zero attached hydrogens (tertiary/aromatic N) is 2. The van der Waals surface area contributed by atoms with Crippen LogP contribution in [0.15, 0.2) is 53.3 Å². The highest BCUT2D eigenvalue weighted by Crippen LogP contribution is 2.29. The molecule has 1 aromatic carbocycles. The molecular formula is C15H14FN5O2. The fourth-order valence-corrected chi connectivity index (χ4v) is 2.62. The number of hydrazine groups is 1. The van der Waals surface area contributed by atoms with Gasteiger partial charge in [0.1, 0.15) is 11.4 Å². The van der Waals surface area contributed by atoms with Gasteiger partial charge < -0.3 is 16.9 Å². The average Bonchev–Trinajstić information content (AvgIpc) is 2.95. The Morgan fingerprint density at radius 1 is 1.26 bits per heavy atom. The monoisotopic (exact) mass is 315 g/mol. The minimum Gasteiger partial charge on any atom is -0.367 e. The molecular weight excluding hydrogens is 301 g/mol. The summed E-state index contributed by atoms with van der Waals surface area (Å²) in [6.07, 6.45) is 4.48. The Morgan fingerprint density at radius 3 is 2.57 bits per heavy atom. The Labute approximate surface area is 131 Å². The number of rotatable bonds is 4. The van der Waals surface area contributed by atoms with Crippen molar-refractivity contribution >= 4 is 17.6 Å². The maximum atomic E-state index is 13.1. The number of fused-ring (bicyclic) bond motifs is 1. The van der Waals surface area contributed by atoms with E-state index in [0.717, 1.165) is 0 Å². The molecule has 1 aromatic rings. The second-order valence-corrected chi connectivity index (χ2v) is 5.25. The summed E-state index contributed by atoms with van der Waals surface area (Å²) < 4.78 is 13.1. The smallest absolute Gasteiger partial charge is 0.254 e. The molecule has 1 atom stereocenters. The van der Waals surface area contributed by atoms with Gasteiger partial charge in [-0.05, 0) is 23.8 Å². The molecule has 0 bridgehead atoms. The van der Waals surface area contributed by atoms with Gasteiger partial charge in [0.15, 0.2) is 11.4 Å². The molecule has 3 rings (SSSR count). The maximum Gasteiger partial charge on any atom is 0.254 e. The predicted molar refractivity (Wildman–Crippen MR) is 80.9 cm³/mol. The third kappa shape index (κ3) is 2.33. The Balaban J connectivity index is 1.99. The van der Waals surface area contributed by atoms with Crippen molar-refractivity contribution in [3.63, 3.8) is 0 Å². The molecule has 8 heteroatoms. The highest BCUT2D eigenvalue weighted by molar-refractivity contribution is 6.22. The van der Waals surface area contributed by atoms with E-state index in [-0.39, 0.29) is 23.6 Å². The van der Waals surface area contributed by atoms with Gasteiger partial charge in [0.05, 0.1) is 0 Å². The number of amides is 2. The van der Waals surface area contributed by atoms with E-state index in [9.17, 15) is 14.0 Å². The summed E-state index contributed by atoms with van der Waals surface area (Å²) in [7, 11) is 0. The van der Waals surface area contributed by atoms with Crippen LogP contribution in [-0.2, 0) is 16.0 Å². The second kappa shape index (κ2) is 5.24. The van der Waals surface area contributed by atoms with E-state index in [4.69, 9.17) is 11.5 Å². The SMILES string of the molecule is NC(=O)C1=CNN2C1=NC=CC2(Cc1ccc(F)cc1)C(N)=O. The summed E-state index contributed by atoms with van der Waals surface area (Å²) in [5, 5.41) is 1.40. The summed E-state index contributed by atoms with van der Waals surface area (Å²) in [6, 6.07) is 5.74. The lowest BCUT2D eigenvalue weighted by Gasteiger charge is -2.39. The lowest BCUT2D eigenvalue weighted by atomic mass is 9.88. The summed E-state index contributed by atoms with van der Waals surface area (Å²) >= 11 is 0. The van der Waals surface area contributed by atoms with Gasteiger partial charge >= 0.3 is 0 Å². The minimum atomic E-state index is -1.29. The Kier molecular flexibility index (Phi) is 3.36. The molecule has 0 radical (unpaired) electrons. The van der Waals surface area contributed by atoms with Crippen LogP contribution in [0.3, 0.4) is 0 Å². The van der Waals surface area contributed by atoms with Gasteiger partial charge in [-0.25, -0.2) is 9.38 Å². The van der Waals surface area contributed by atoms with E-state index in [0.29, 0.717) is 5.56 Å². The van der Waals surface area contributed by atoms with Gasteiger partial charge in [-0.3, -0.25) is 14.6 Å². The molecule has 0 spiro atoms. The number of nitrogens with one attached hydrogen (secondary N) is 1. The highest BCUT2D eigenvalue weighted by atomic mass is 19.1. The van der Waals surface area contributed by atoms with E-state index in [1.54, 1.807) is 12.1 Å². The molecule has 23 heavy (non-hydrogen) atoms. The van der Waals surface area contributed by atoms with Crippen LogP contribution in [0, 0.1) is 5.82 Å². The zero-order valence-corrected chi connectivity index (χ0v) is 12.0. The second-order valence-electron chi connectivity index (χ2n) is 5.25. The van der Waals surface area contributed by atoms with Crippen LogP contribution < -0.4 is 16.9 Å². The first-order chi connectivity index (χ1) is 10.9. The molecule has 0 fully saturated rings. The minimum absolute atomic E-state index is 0.152. The fraction of sp³-hybridized carbons (Fsp3) is 0.133. The molecule has 1 unspecified atom stereocenters. The van der Waals surface area contributed by atoms with Crippen molar-refractivity contribution in [3.8, 4) is 0 Å². The van der Waals surface area contributed by atoms with E-state index in [1.165, 1.54) is 35.6 Å². The molecule has 0 aliphatic carbocycles. The van der Waals surface area contributed by atoms with Crippen LogP contribution >= 0.6 is 0 Å². The molecule has 2 heterocycles. The van der Waals surface area contributed by atoms with E-state index in [2.05, 4.69) is 10.4 Å². The Bertz CT molecular complexity index is 769. The molecule has 2 aliphatic rings. The average molecular weight is 315 g/mol. The van der Waals surface area contributed by atoms with Gasteiger partial charge in [-0.1, -0.05) is 12.1 Å². The van der Waals surface area contributed by atoms with Crippen molar-refractivity contribution in [2.75, 3.05) is 0 Å². The van der Waals surface area contributed by atoms with Crippen molar-refractivity contribution in [3.05, 3.63) is 59.7 Å². The van der Waals surface area contributed by atoms with E-state index in [1.807, 2.05) is 0 Å². The van der Waals surface area contributed by atoms with E-state index < -0.39 is 17.4 Å². The van der Waals surface area contributed by atoms with Gasteiger partial charge in [0.2, 0.25) is 5.91 Å². The molecule has 118 valence electrons. The maximum absolute atomic E-state index is 13.1. The molecule has 7 nitrogen and oxygen atoms in total. The topological polar surface area (TPSA) is 114 Å². The molecule has 2 amide bonds. The number of carbonyl (C=O) groups is 2. The van der Waals surface area contributed by atoms with Crippen molar-refractivity contribution in [2.45, 2.75) is 12.0 Å². The number of carbonyl (C=O) groups excluding carboxylic acids is 2. The summed E-state index contributed by atoms with van der Waals surface area (Å²) in [5.41, 5.74) is 13.3. The number of nitrogens with two attached hydrogens (primary N) is 2. The first-order valence-electron chi connectivity index (χ1n) is 6.81. The van der Waals surface area contributed by atoms with Gasteiger partial charge in [0.25, 0.3) is 5.91 Å². The molecule has 0 aromatic heterocycles. The standard InChI is InChI=1S/C15H14FN5O2/c16-10-3-1-9(2-4-10)7-15(14(18)23)5-6-19-13-11(12(17)22)8-20-21(13)15/h1-6,8,20H,7H2,(H2,17,22)(H2,18,23). The van der Waals surface area contributed by atoms with Crippen LogP contribution in [0.2, 0.25) is 0 Å². The molecule has 0 saturated carbocycles. The van der Waals surface area contributed by atoms with Crippen LogP contribution in [0.4, 0.5) is 4.39 Å². The summed E-state index contributed by atoms with van der Waals surface area (Å²) in [4.78, 5) is 27.7. The highest BCUT2D eigenvalue weighted by Gasteiger charge is 2.47. The van der Waals surface area contributed by atoms with Gasteiger partial charge in [-0.2, -0.15) is 0 Å². The van der Waals surface area contributed by atoms with Crippen molar-refractivity contribution in [1.82, 2.24) is 10.4 Å². The number of aliphatic imine (C=N–C) groups is 1. The molecule has 2 aliphatic heterocycles. The molecule has 0 saturated heterocycles. The lowest BCUT2D eigenvalue weighted by molar-refractivity contribution is -0.126. The van der Waals surface area contributed by atoms with Crippen LogP contribution in [0.1, 0.15) is 5.56 Å². The van der Waals surface area contributed by atoms with Crippen LogP contribution in [-0.4, -0.2) is 28.2 Å². The van der Waals surface area contributed by atoms with Crippen LogP contribution in [0.25, 0.3) is 0 Å². The zero-order chi connectivity index (χ0) is 16.6. The number of hydrogen-bond donors (Lipinski definition) is 3. The number of halogens is 1. The largest absolute Gasteiger partial charge is 0.367 e.